The lowest BCUT2D eigenvalue weighted by Gasteiger charge is -2.08. The van der Waals surface area contributed by atoms with Crippen molar-refractivity contribution in [2.24, 2.45) is 0 Å². The zero-order valence-electron chi connectivity index (χ0n) is 13.8. The number of hydrogen-bond acceptors (Lipinski definition) is 4. The molecule has 7 nitrogen and oxygen atoms in total. The fraction of sp³-hybridized carbons (Fsp3) is 0.294. The summed E-state index contributed by atoms with van der Waals surface area (Å²) in [5.74, 6) is -0.00230. The number of nitrogens with zero attached hydrogens (tertiary/aromatic N) is 5. The summed E-state index contributed by atoms with van der Waals surface area (Å²) in [6.45, 7) is 4.71. The Morgan fingerprint density at radius 3 is 2.58 bits per heavy atom. The summed E-state index contributed by atoms with van der Waals surface area (Å²) in [5.41, 5.74) is 3.94. The molecule has 0 fully saturated rings. The van der Waals surface area contributed by atoms with Crippen molar-refractivity contribution >= 4 is 11.6 Å². The Hall–Kier alpha value is -2.96. The summed E-state index contributed by atoms with van der Waals surface area (Å²) in [6.07, 6.45) is 6.12. The van der Waals surface area contributed by atoms with Gasteiger partial charge in [-0.15, -0.1) is 0 Å². The van der Waals surface area contributed by atoms with Crippen LogP contribution in [0.3, 0.4) is 0 Å². The number of carbonyl (C=O) groups is 1. The predicted molar refractivity (Wildman–Crippen MR) is 90.9 cm³/mol. The molecule has 0 aliphatic rings. The minimum Gasteiger partial charge on any atom is -0.326 e. The van der Waals surface area contributed by atoms with Gasteiger partial charge in [0.05, 0.1) is 12.0 Å². The van der Waals surface area contributed by atoms with Gasteiger partial charge in [-0.05, 0) is 44.5 Å². The van der Waals surface area contributed by atoms with E-state index >= 15 is 0 Å². The van der Waals surface area contributed by atoms with E-state index in [2.05, 4.69) is 20.4 Å². The molecule has 24 heavy (non-hydrogen) atoms. The molecule has 0 spiro atoms. The van der Waals surface area contributed by atoms with E-state index in [1.807, 2.05) is 49.0 Å². The van der Waals surface area contributed by atoms with Crippen LogP contribution in [0.1, 0.15) is 24.2 Å². The van der Waals surface area contributed by atoms with Gasteiger partial charge in [0.25, 0.3) is 0 Å². The van der Waals surface area contributed by atoms with Crippen LogP contribution in [-0.4, -0.2) is 30.2 Å². The number of amides is 1. The quantitative estimate of drug-likeness (QED) is 0.756. The molecule has 1 aromatic carbocycles. The van der Waals surface area contributed by atoms with Crippen LogP contribution in [0.2, 0.25) is 0 Å². The Balaban J connectivity index is 1.54. The van der Waals surface area contributed by atoms with Crippen molar-refractivity contribution in [1.29, 1.82) is 0 Å². The minimum absolute atomic E-state index is 0.00230. The molecule has 0 saturated heterocycles. The van der Waals surface area contributed by atoms with Gasteiger partial charge >= 0.3 is 0 Å². The summed E-state index contributed by atoms with van der Waals surface area (Å²) in [5, 5.41) is 6.92. The lowest BCUT2D eigenvalue weighted by atomic mass is 10.2. The van der Waals surface area contributed by atoms with Crippen molar-refractivity contribution in [2.75, 3.05) is 5.32 Å². The Morgan fingerprint density at radius 2 is 1.96 bits per heavy atom. The summed E-state index contributed by atoms with van der Waals surface area (Å²) in [7, 11) is 0. The van der Waals surface area contributed by atoms with Crippen molar-refractivity contribution < 1.29 is 4.79 Å². The fourth-order valence-corrected chi connectivity index (χ4v) is 2.44. The number of hydrogen-bond donors (Lipinski definition) is 1. The van der Waals surface area contributed by atoms with E-state index in [0.717, 1.165) is 29.2 Å². The summed E-state index contributed by atoms with van der Waals surface area (Å²) in [6, 6.07) is 7.75. The van der Waals surface area contributed by atoms with E-state index in [4.69, 9.17) is 0 Å². The fourth-order valence-electron chi connectivity index (χ4n) is 2.44. The van der Waals surface area contributed by atoms with Crippen molar-refractivity contribution in [3.8, 4) is 5.69 Å². The molecule has 0 unspecified atom stereocenters. The molecule has 1 N–H and O–H groups in total. The van der Waals surface area contributed by atoms with Gasteiger partial charge in [-0.2, -0.15) is 5.10 Å². The van der Waals surface area contributed by atoms with Crippen LogP contribution in [0.5, 0.6) is 0 Å². The largest absolute Gasteiger partial charge is 0.326 e. The number of aryl methyl sites for hydroxylation is 2. The van der Waals surface area contributed by atoms with E-state index in [-0.39, 0.29) is 5.91 Å². The standard InChI is InChI=1S/C17H20N6O/c1-13-14(2)23(12-19-13)16-7-5-15(6-8-16)21-17(24)4-3-9-22-11-18-10-20-22/h5-8,10-12H,3-4,9H2,1-2H3,(H,21,24). The zero-order valence-corrected chi connectivity index (χ0v) is 13.8. The summed E-state index contributed by atoms with van der Waals surface area (Å²) < 4.78 is 3.75. The molecule has 0 radical (unpaired) electrons. The number of rotatable bonds is 6. The molecule has 0 aliphatic carbocycles. The molecule has 2 aromatic heterocycles. The highest BCUT2D eigenvalue weighted by molar-refractivity contribution is 5.90. The molecule has 0 bridgehead atoms. The second-order valence-electron chi connectivity index (χ2n) is 5.64. The highest BCUT2D eigenvalue weighted by atomic mass is 16.1. The molecule has 3 aromatic rings. The van der Waals surface area contributed by atoms with Gasteiger partial charge in [0.1, 0.15) is 12.7 Å². The zero-order chi connectivity index (χ0) is 16.9. The van der Waals surface area contributed by atoms with Gasteiger partial charge in [0.2, 0.25) is 5.91 Å². The minimum atomic E-state index is -0.00230. The van der Waals surface area contributed by atoms with Gasteiger partial charge in [-0.3, -0.25) is 9.48 Å². The van der Waals surface area contributed by atoms with Crippen LogP contribution in [0, 0.1) is 13.8 Å². The lowest BCUT2D eigenvalue weighted by molar-refractivity contribution is -0.116. The highest BCUT2D eigenvalue weighted by Crippen LogP contribution is 2.17. The first-order valence-electron chi connectivity index (χ1n) is 7.87. The maximum absolute atomic E-state index is 12.0. The molecular formula is C17H20N6O. The maximum Gasteiger partial charge on any atom is 0.224 e. The molecule has 2 heterocycles. The van der Waals surface area contributed by atoms with Gasteiger partial charge in [0.15, 0.2) is 0 Å². The first kappa shape index (κ1) is 15.9. The van der Waals surface area contributed by atoms with Crippen LogP contribution < -0.4 is 5.32 Å². The third-order valence-electron chi connectivity index (χ3n) is 3.94. The Bertz CT molecular complexity index is 804. The van der Waals surface area contributed by atoms with E-state index in [1.165, 1.54) is 6.33 Å². The Morgan fingerprint density at radius 1 is 1.17 bits per heavy atom. The summed E-state index contributed by atoms with van der Waals surface area (Å²) >= 11 is 0. The van der Waals surface area contributed by atoms with Crippen molar-refractivity contribution in [2.45, 2.75) is 33.2 Å². The van der Waals surface area contributed by atoms with Crippen molar-refractivity contribution in [1.82, 2.24) is 24.3 Å². The molecule has 3 rings (SSSR count). The molecule has 7 heteroatoms. The van der Waals surface area contributed by atoms with Gasteiger partial charge in [0, 0.05) is 30.0 Å². The van der Waals surface area contributed by atoms with E-state index in [9.17, 15) is 4.79 Å². The van der Waals surface area contributed by atoms with E-state index in [1.54, 1.807) is 11.0 Å². The lowest BCUT2D eigenvalue weighted by Crippen LogP contribution is -2.12. The number of aromatic nitrogens is 5. The molecule has 0 saturated carbocycles. The Labute approximate surface area is 140 Å². The normalized spacial score (nSPS) is 10.8. The first-order valence-corrected chi connectivity index (χ1v) is 7.87. The third kappa shape index (κ3) is 3.68. The van der Waals surface area contributed by atoms with Gasteiger partial charge < -0.3 is 9.88 Å². The van der Waals surface area contributed by atoms with Crippen LogP contribution >= 0.6 is 0 Å². The summed E-state index contributed by atoms with van der Waals surface area (Å²) in [4.78, 5) is 20.2. The number of carbonyl (C=O) groups excluding carboxylic acids is 1. The number of benzene rings is 1. The first-order chi connectivity index (χ1) is 11.6. The molecular weight excluding hydrogens is 304 g/mol. The molecule has 0 aliphatic heterocycles. The SMILES string of the molecule is Cc1ncn(-c2ccc(NC(=O)CCCn3cncn3)cc2)c1C. The Kier molecular flexibility index (Phi) is 4.69. The average molecular weight is 324 g/mol. The molecule has 124 valence electrons. The van der Waals surface area contributed by atoms with Gasteiger partial charge in [-0.1, -0.05) is 0 Å². The number of anilines is 1. The van der Waals surface area contributed by atoms with Gasteiger partial charge in [-0.25, -0.2) is 9.97 Å². The van der Waals surface area contributed by atoms with Crippen LogP contribution in [0.15, 0.2) is 43.2 Å². The molecule has 1 amide bonds. The van der Waals surface area contributed by atoms with E-state index in [0.29, 0.717) is 13.0 Å². The second kappa shape index (κ2) is 7.08. The smallest absolute Gasteiger partial charge is 0.224 e. The highest BCUT2D eigenvalue weighted by Gasteiger charge is 2.06. The van der Waals surface area contributed by atoms with Crippen LogP contribution in [-0.2, 0) is 11.3 Å². The average Bonchev–Trinajstić information content (AvgIpc) is 3.20. The second-order valence-corrected chi connectivity index (χ2v) is 5.64. The van der Waals surface area contributed by atoms with E-state index < -0.39 is 0 Å². The number of imidazole rings is 1. The number of nitrogens with one attached hydrogen (secondary N) is 1. The third-order valence-corrected chi connectivity index (χ3v) is 3.94. The maximum atomic E-state index is 12.0. The van der Waals surface area contributed by atoms with Crippen LogP contribution in [0.4, 0.5) is 5.69 Å². The van der Waals surface area contributed by atoms with Crippen molar-refractivity contribution in [3.05, 3.63) is 54.6 Å². The topological polar surface area (TPSA) is 77.6 Å². The van der Waals surface area contributed by atoms with Crippen LogP contribution in [0.25, 0.3) is 5.69 Å². The predicted octanol–water partition coefficient (Wildman–Crippen LogP) is 2.50. The monoisotopic (exact) mass is 324 g/mol. The molecule has 0 atom stereocenters. The van der Waals surface area contributed by atoms with Crippen molar-refractivity contribution in [3.63, 3.8) is 0 Å².